The fourth-order valence-corrected chi connectivity index (χ4v) is 2.18. The number of aliphatic hydroxyl groups excluding tert-OH is 1. The van der Waals surface area contributed by atoms with Crippen LogP contribution in [0.25, 0.3) is 0 Å². The Morgan fingerprint density at radius 3 is 2.65 bits per heavy atom. The minimum Gasteiger partial charge on any atom is -0.393 e. The molecule has 0 saturated heterocycles. The molecule has 0 amide bonds. The molecule has 0 aromatic heterocycles. The van der Waals surface area contributed by atoms with Gasteiger partial charge in [0, 0.05) is 19.7 Å². The predicted molar refractivity (Wildman–Crippen MR) is 79.8 cm³/mol. The van der Waals surface area contributed by atoms with Crippen molar-refractivity contribution in [2.24, 2.45) is 5.92 Å². The second-order valence-corrected chi connectivity index (χ2v) is 5.18. The number of anilines is 1. The van der Waals surface area contributed by atoms with Crippen molar-refractivity contribution in [1.82, 2.24) is 5.32 Å². The SMILES string of the molecule is CNc1ccc(CNCC(C)CC(C)O)cc1[N+](=O)[O-]. The summed E-state index contributed by atoms with van der Waals surface area (Å²) in [5.74, 6) is 0.363. The van der Waals surface area contributed by atoms with Gasteiger partial charge in [-0.1, -0.05) is 13.0 Å². The van der Waals surface area contributed by atoms with E-state index in [1.807, 2.05) is 6.07 Å². The van der Waals surface area contributed by atoms with Crippen molar-refractivity contribution >= 4 is 11.4 Å². The first kappa shape index (κ1) is 16.4. The molecule has 2 atom stereocenters. The lowest BCUT2D eigenvalue weighted by Gasteiger charge is -2.14. The maximum atomic E-state index is 11.0. The molecule has 3 N–H and O–H groups in total. The molecule has 0 spiro atoms. The van der Waals surface area contributed by atoms with Crippen LogP contribution < -0.4 is 10.6 Å². The number of nitro benzene ring substituents is 1. The average Bonchev–Trinajstić information content (AvgIpc) is 2.37. The van der Waals surface area contributed by atoms with E-state index in [4.69, 9.17) is 0 Å². The molecule has 0 aliphatic carbocycles. The molecule has 2 unspecified atom stereocenters. The van der Waals surface area contributed by atoms with Crippen LogP contribution in [0.2, 0.25) is 0 Å². The summed E-state index contributed by atoms with van der Waals surface area (Å²) in [6.45, 7) is 5.18. The standard InChI is InChI=1S/C14H23N3O3/c1-10(6-11(2)18)8-16-9-12-4-5-13(15-3)14(7-12)17(19)20/h4-5,7,10-11,15-16,18H,6,8-9H2,1-3H3. The van der Waals surface area contributed by atoms with E-state index in [0.717, 1.165) is 18.5 Å². The van der Waals surface area contributed by atoms with Crippen molar-refractivity contribution in [2.45, 2.75) is 32.9 Å². The zero-order valence-corrected chi connectivity index (χ0v) is 12.2. The van der Waals surface area contributed by atoms with Gasteiger partial charge in [-0.25, -0.2) is 0 Å². The van der Waals surface area contributed by atoms with E-state index in [2.05, 4.69) is 17.6 Å². The summed E-state index contributed by atoms with van der Waals surface area (Å²) in [6.07, 6.45) is 0.439. The Bertz CT molecular complexity index is 449. The molecule has 1 aromatic carbocycles. The van der Waals surface area contributed by atoms with Crippen molar-refractivity contribution in [3.05, 3.63) is 33.9 Å². The van der Waals surface area contributed by atoms with Gasteiger partial charge in [-0.15, -0.1) is 0 Å². The predicted octanol–water partition coefficient (Wildman–Crippen LogP) is 2.13. The number of benzene rings is 1. The van der Waals surface area contributed by atoms with Gasteiger partial charge in [0.15, 0.2) is 0 Å². The average molecular weight is 281 g/mol. The van der Waals surface area contributed by atoms with Crippen LogP contribution in [0.4, 0.5) is 11.4 Å². The normalized spacial score (nSPS) is 13.8. The van der Waals surface area contributed by atoms with Crippen LogP contribution in [0.3, 0.4) is 0 Å². The third-order valence-electron chi connectivity index (χ3n) is 3.09. The van der Waals surface area contributed by atoms with Gasteiger partial charge >= 0.3 is 0 Å². The number of nitrogens with zero attached hydrogens (tertiary/aromatic N) is 1. The van der Waals surface area contributed by atoms with Gasteiger partial charge in [0.05, 0.1) is 11.0 Å². The number of nitrogens with one attached hydrogen (secondary N) is 2. The van der Waals surface area contributed by atoms with Crippen molar-refractivity contribution in [3.63, 3.8) is 0 Å². The molecule has 1 rings (SSSR count). The van der Waals surface area contributed by atoms with E-state index in [9.17, 15) is 15.2 Å². The minimum atomic E-state index is -0.384. The summed E-state index contributed by atoms with van der Waals surface area (Å²) in [6, 6.07) is 5.16. The summed E-state index contributed by atoms with van der Waals surface area (Å²) < 4.78 is 0. The Morgan fingerprint density at radius 1 is 1.40 bits per heavy atom. The summed E-state index contributed by atoms with van der Waals surface area (Å²) in [5.41, 5.74) is 1.48. The molecule has 20 heavy (non-hydrogen) atoms. The second kappa shape index (κ2) is 7.81. The van der Waals surface area contributed by atoms with Crippen LogP contribution in [0.15, 0.2) is 18.2 Å². The number of rotatable bonds is 8. The summed E-state index contributed by atoms with van der Waals surface area (Å²) >= 11 is 0. The number of hydrogen-bond acceptors (Lipinski definition) is 5. The lowest BCUT2D eigenvalue weighted by Crippen LogP contribution is -2.23. The Hall–Kier alpha value is -1.66. The van der Waals surface area contributed by atoms with Crippen LogP contribution in [0.1, 0.15) is 25.8 Å². The third-order valence-corrected chi connectivity index (χ3v) is 3.09. The molecule has 0 fully saturated rings. The molecule has 0 heterocycles. The summed E-state index contributed by atoms with van der Waals surface area (Å²) in [7, 11) is 1.66. The van der Waals surface area contributed by atoms with Gasteiger partial charge in [-0.2, -0.15) is 0 Å². The van der Waals surface area contributed by atoms with Crippen LogP contribution in [0, 0.1) is 16.0 Å². The third kappa shape index (κ3) is 5.14. The van der Waals surface area contributed by atoms with Gasteiger partial charge in [0.25, 0.3) is 5.69 Å². The van der Waals surface area contributed by atoms with Crippen LogP contribution >= 0.6 is 0 Å². The molecule has 112 valence electrons. The molecule has 0 aliphatic heterocycles. The molecular formula is C14H23N3O3. The van der Waals surface area contributed by atoms with Gasteiger partial charge in [0.2, 0.25) is 0 Å². The minimum absolute atomic E-state index is 0.0869. The quantitative estimate of drug-likeness (QED) is 0.502. The zero-order valence-electron chi connectivity index (χ0n) is 12.2. The maximum Gasteiger partial charge on any atom is 0.292 e. The highest BCUT2D eigenvalue weighted by Crippen LogP contribution is 2.24. The van der Waals surface area contributed by atoms with Crippen molar-refractivity contribution in [1.29, 1.82) is 0 Å². The van der Waals surface area contributed by atoms with Gasteiger partial charge < -0.3 is 15.7 Å². The zero-order chi connectivity index (χ0) is 15.1. The lowest BCUT2D eigenvalue weighted by molar-refractivity contribution is -0.384. The van der Waals surface area contributed by atoms with E-state index < -0.39 is 0 Å². The Labute approximate surface area is 119 Å². The summed E-state index contributed by atoms with van der Waals surface area (Å²) in [4.78, 5) is 10.6. The van der Waals surface area contributed by atoms with Crippen LogP contribution in [-0.2, 0) is 6.54 Å². The second-order valence-electron chi connectivity index (χ2n) is 5.18. The van der Waals surface area contributed by atoms with E-state index in [0.29, 0.717) is 18.2 Å². The maximum absolute atomic E-state index is 11.0. The van der Waals surface area contributed by atoms with E-state index >= 15 is 0 Å². The summed E-state index contributed by atoms with van der Waals surface area (Å²) in [5, 5.41) is 26.3. The molecular weight excluding hydrogens is 258 g/mol. The number of aliphatic hydroxyl groups is 1. The molecule has 6 nitrogen and oxygen atoms in total. The molecule has 0 bridgehead atoms. The van der Waals surface area contributed by atoms with E-state index in [-0.39, 0.29) is 16.7 Å². The fraction of sp³-hybridized carbons (Fsp3) is 0.571. The highest BCUT2D eigenvalue weighted by atomic mass is 16.6. The van der Waals surface area contributed by atoms with E-state index in [1.165, 1.54) is 0 Å². The number of nitro groups is 1. The van der Waals surface area contributed by atoms with Crippen molar-refractivity contribution in [2.75, 3.05) is 18.9 Å². The van der Waals surface area contributed by atoms with Crippen molar-refractivity contribution in [3.8, 4) is 0 Å². The molecule has 6 heteroatoms. The number of hydrogen-bond donors (Lipinski definition) is 3. The smallest absolute Gasteiger partial charge is 0.292 e. The Kier molecular flexibility index (Phi) is 6.41. The molecule has 0 aliphatic rings. The molecule has 0 radical (unpaired) electrons. The Morgan fingerprint density at radius 2 is 2.10 bits per heavy atom. The first-order chi connectivity index (χ1) is 9.43. The largest absolute Gasteiger partial charge is 0.393 e. The Balaban J connectivity index is 2.56. The van der Waals surface area contributed by atoms with Gasteiger partial charge in [0.1, 0.15) is 5.69 Å². The van der Waals surface area contributed by atoms with E-state index in [1.54, 1.807) is 26.1 Å². The highest BCUT2D eigenvalue weighted by Gasteiger charge is 2.13. The van der Waals surface area contributed by atoms with Crippen LogP contribution in [-0.4, -0.2) is 29.7 Å². The first-order valence-electron chi connectivity index (χ1n) is 6.78. The topological polar surface area (TPSA) is 87.4 Å². The van der Waals surface area contributed by atoms with Crippen molar-refractivity contribution < 1.29 is 10.0 Å². The first-order valence-corrected chi connectivity index (χ1v) is 6.78. The lowest BCUT2D eigenvalue weighted by atomic mass is 10.0. The van der Waals surface area contributed by atoms with Gasteiger partial charge in [-0.05, 0) is 37.4 Å². The van der Waals surface area contributed by atoms with Gasteiger partial charge in [-0.3, -0.25) is 10.1 Å². The molecule has 1 aromatic rings. The monoisotopic (exact) mass is 281 g/mol. The highest BCUT2D eigenvalue weighted by molar-refractivity contribution is 5.62. The molecule has 0 saturated carbocycles. The van der Waals surface area contributed by atoms with Crippen LogP contribution in [0.5, 0.6) is 0 Å². The fourth-order valence-electron chi connectivity index (χ4n) is 2.18.